The summed E-state index contributed by atoms with van der Waals surface area (Å²) in [7, 11) is 1.48. The van der Waals surface area contributed by atoms with Crippen molar-refractivity contribution in [3.63, 3.8) is 0 Å². The second-order valence-corrected chi connectivity index (χ2v) is 4.74. The van der Waals surface area contributed by atoms with Crippen LogP contribution >= 0.6 is 0 Å². The topological polar surface area (TPSA) is 21.7 Å². The molecule has 1 aliphatic heterocycles. The second-order valence-electron chi connectivity index (χ2n) is 4.74. The first-order valence-electron chi connectivity index (χ1n) is 6.35. The van der Waals surface area contributed by atoms with E-state index in [1.807, 2.05) is 6.07 Å². The van der Waals surface area contributed by atoms with Gasteiger partial charge in [0.1, 0.15) is 0 Å². The first-order valence-corrected chi connectivity index (χ1v) is 6.35. The van der Waals surface area contributed by atoms with E-state index in [9.17, 15) is 4.39 Å². The van der Waals surface area contributed by atoms with Gasteiger partial charge in [-0.1, -0.05) is 6.07 Å². The van der Waals surface area contributed by atoms with E-state index < -0.39 is 0 Å². The Balaban J connectivity index is 2.01. The zero-order valence-electron chi connectivity index (χ0n) is 11.0. The highest BCUT2D eigenvalue weighted by Gasteiger charge is 2.15. The summed E-state index contributed by atoms with van der Waals surface area (Å²) in [4.78, 5) is 2.30. The van der Waals surface area contributed by atoms with Crippen molar-refractivity contribution < 1.29 is 13.9 Å². The number of rotatable bonds is 3. The molecule has 1 atom stereocenters. The third kappa shape index (κ3) is 3.43. The molecule has 1 aromatic rings. The van der Waals surface area contributed by atoms with Gasteiger partial charge >= 0.3 is 0 Å². The van der Waals surface area contributed by atoms with Crippen molar-refractivity contribution in [1.82, 2.24) is 4.90 Å². The van der Waals surface area contributed by atoms with Crippen LogP contribution in [0.4, 0.5) is 4.39 Å². The van der Waals surface area contributed by atoms with Crippen LogP contribution in [0.3, 0.4) is 0 Å². The van der Waals surface area contributed by atoms with Crippen molar-refractivity contribution in [2.24, 2.45) is 0 Å². The van der Waals surface area contributed by atoms with Gasteiger partial charge in [0.2, 0.25) is 0 Å². The maximum atomic E-state index is 13.6. The van der Waals surface area contributed by atoms with E-state index in [0.717, 1.165) is 38.2 Å². The summed E-state index contributed by atoms with van der Waals surface area (Å²) < 4.78 is 24.1. The highest BCUT2D eigenvalue weighted by atomic mass is 19.1. The minimum atomic E-state index is -0.297. The molecule has 0 aliphatic carbocycles. The number of hydrogen-bond acceptors (Lipinski definition) is 3. The smallest absolute Gasteiger partial charge is 0.165 e. The lowest BCUT2D eigenvalue weighted by atomic mass is 10.2. The van der Waals surface area contributed by atoms with Gasteiger partial charge in [-0.25, -0.2) is 4.39 Å². The highest BCUT2D eigenvalue weighted by Crippen LogP contribution is 2.19. The Kier molecular flexibility index (Phi) is 4.55. The monoisotopic (exact) mass is 253 g/mol. The van der Waals surface area contributed by atoms with Crippen molar-refractivity contribution in [3.8, 4) is 5.75 Å². The Bertz CT molecular complexity index is 397. The SMILES string of the molecule is COc1ccc(CN2CCCOC(C)C2)cc1F. The maximum Gasteiger partial charge on any atom is 0.165 e. The highest BCUT2D eigenvalue weighted by molar-refractivity contribution is 5.29. The average Bonchev–Trinajstić information content (AvgIpc) is 2.54. The molecule has 1 heterocycles. The maximum absolute atomic E-state index is 13.6. The molecule has 1 saturated heterocycles. The van der Waals surface area contributed by atoms with Crippen LogP contribution in [0.2, 0.25) is 0 Å². The Morgan fingerprint density at radius 1 is 1.50 bits per heavy atom. The van der Waals surface area contributed by atoms with E-state index in [1.54, 1.807) is 12.1 Å². The lowest BCUT2D eigenvalue weighted by molar-refractivity contribution is 0.0668. The molecule has 1 fully saturated rings. The predicted octanol–water partition coefficient (Wildman–Crippen LogP) is 2.45. The van der Waals surface area contributed by atoms with Crippen molar-refractivity contribution in [1.29, 1.82) is 0 Å². The fourth-order valence-corrected chi connectivity index (χ4v) is 2.29. The third-order valence-electron chi connectivity index (χ3n) is 3.16. The molecule has 0 amide bonds. The zero-order chi connectivity index (χ0) is 13.0. The number of hydrogen-bond donors (Lipinski definition) is 0. The van der Waals surface area contributed by atoms with Gasteiger partial charge in [0, 0.05) is 26.2 Å². The van der Waals surface area contributed by atoms with Crippen molar-refractivity contribution in [3.05, 3.63) is 29.6 Å². The quantitative estimate of drug-likeness (QED) is 0.826. The van der Waals surface area contributed by atoms with E-state index in [0.29, 0.717) is 5.75 Å². The van der Waals surface area contributed by atoms with E-state index >= 15 is 0 Å². The number of halogens is 1. The van der Waals surface area contributed by atoms with Gasteiger partial charge < -0.3 is 9.47 Å². The van der Waals surface area contributed by atoms with Crippen LogP contribution in [0.25, 0.3) is 0 Å². The lowest BCUT2D eigenvalue weighted by Gasteiger charge is -2.21. The number of methoxy groups -OCH3 is 1. The Morgan fingerprint density at radius 2 is 2.33 bits per heavy atom. The van der Waals surface area contributed by atoms with E-state index in [4.69, 9.17) is 9.47 Å². The number of benzene rings is 1. The van der Waals surface area contributed by atoms with E-state index in [1.165, 1.54) is 7.11 Å². The van der Waals surface area contributed by atoms with Gasteiger partial charge in [0.05, 0.1) is 13.2 Å². The van der Waals surface area contributed by atoms with Crippen molar-refractivity contribution in [2.75, 3.05) is 26.8 Å². The standard InChI is InChI=1S/C14H20FNO2/c1-11-9-16(6-3-7-18-11)10-12-4-5-14(17-2)13(15)8-12/h4-5,8,11H,3,6-7,9-10H2,1-2H3. The molecule has 1 unspecified atom stereocenters. The van der Waals surface area contributed by atoms with Gasteiger partial charge in [-0.3, -0.25) is 4.90 Å². The molecular weight excluding hydrogens is 233 g/mol. The molecule has 18 heavy (non-hydrogen) atoms. The minimum absolute atomic E-state index is 0.246. The summed E-state index contributed by atoms with van der Waals surface area (Å²) in [6.45, 7) is 5.54. The molecule has 0 N–H and O–H groups in total. The number of ether oxygens (including phenoxy) is 2. The van der Waals surface area contributed by atoms with Gasteiger partial charge in [0.25, 0.3) is 0 Å². The summed E-state index contributed by atoms with van der Waals surface area (Å²) >= 11 is 0. The first kappa shape index (κ1) is 13.3. The zero-order valence-corrected chi connectivity index (χ0v) is 11.0. The van der Waals surface area contributed by atoms with Gasteiger partial charge in [0.15, 0.2) is 11.6 Å². The summed E-state index contributed by atoms with van der Waals surface area (Å²) in [6.07, 6.45) is 1.28. The summed E-state index contributed by atoms with van der Waals surface area (Å²) in [5.41, 5.74) is 0.974. The van der Waals surface area contributed by atoms with Crippen LogP contribution < -0.4 is 4.74 Å². The lowest BCUT2D eigenvalue weighted by Crippen LogP contribution is -2.29. The van der Waals surface area contributed by atoms with Crippen LogP contribution in [0.1, 0.15) is 18.9 Å². The third-order valence-corrected chi connectivity index (χ3v) is 3.16. The largest absolute Gasteiger partial charge is 0.494 e. The average molecular weight is 253 g/mol. The van der Waals surface area contributed by atoms with Crippen LogP contribution in [-0.2, 0) is 11.3 Å². The minimum Gasteiger partial charge on any atom is -0.494 e. The molecule has 0 aromatic heterocycles. The molecule has 0 bridgehead atoms. The first-order chi connectivity index (χ1) is 8.69. The fraction of sp³-hybridized carbons (Fsp3) is 0.571. The molecule has 0 saturated carbocycles. The molecule has 1 aliphatic rings. The Morgan fingerprint density at radius 3 is 3.06 bits per heavy atom. The normalized spacial score (nSPS) is 21.6. The fourth-order valence-electron chi connectivity index (χ4n) is 2.29. The Labute approximate surface area is 107 Å². The van der Waals surface area contributed by atoms with Gasteiger partial charge in [-0.05, 0) is 31.0 Å². The van der Waals surface area contributed by atoms with Gasteiger partial charge in [-0.2, -0.15) is 0 Å². The van der Waals surface area contributed by atoms with Crippen LogP contribution in [0.15, 0.2) is 18.2 Å². The van der Waals surface area contributed by atoms with Crippen LogP contribution in [-0.4, -0.2) is 37.8 Å². The van der Waals surface area contributed by atoms with E-state index in [-0.39, 0.29) is 11.9 Å². The Hall–Kier alpha value is -1.13. The van der Waals surface area contributed by atoms with Crippen LogP contribution in [0.5, 0.6) is 5.75 Å². The van der Waals surface area contributed by atoms with Crippen LogP contribution in [0, 0.1) is 5.82 Å². The van der Waals surface area contributed by atoms with Gasteiger partial charge in [-0.15, -0.1) is 0 Å². The molecule has 0 radical (unpaired) electrons. The molecular formula is C14H20FNO2. The summed E-state index contributed by atoms with van der Waals surface area (Å²) in [5.74, 6) is 0.000406. The molecule has 0 spiro atoms. The van der Waals surface area contributed by atoms with Crippen molar-refractivity contribution >= 4 is 0 Å². The predicted molar refractivity (Wildman–Crippen MR) is 68.3 cm³/mol. The molecule has 2 rings (SSSR count). The van der Waals surface area contributed by atoms with E-state index in [2.05, 4.69) is 11.8 Å². The van der Waals surface area contributed by atoms with Crippen molar-refractivity contribution in [2.45, 2.75) is 26.0 Å². The molecule has 3 nitrogen and oxygen atoms in total. The summed E-state index contributed by atoms with van der Waals surface area (Å²) in [5, 5.41) is 0. The number of nitrogens with zero attached hydrogens (tertiary/aromatic N) is 1. The molecule has 1 aromatic carbocycles. The summed E-state index contributed by atoms with van der Waals surface area (Å²) in [6, 6.07) is 5.15. The molecule has 100 valence electrons. The second kappa shape index (κ2) is 6.16. The molecule has 4 heteroatoms.